The van der Waals surface area contributed by atoms with E-state index in [1.807, 2.05) is 89.2 Å². The lowest BCUT2D eigenvalue weighted by Gasteiger charge is -2.33. The zero-order chi connectivity index (χ0) is 27.8. The summed E-state index contributed by atoms with van der Waals surface area (Å²) < 4.78 is 6.41. The average Bonchev–Trinajstić information content (AvgIpc) is 2.85. The van der Waals surface area contributed by atoms with Gasteiger partial charge in [-0.25, -0.2) is 0 Å². The van der Waals surface area contributed by atoms with Gasteiger partial charge in [0, 0.05) is 6.20 Å². The van der Waals surface area contributed by atoms with Crippen LogP contribution in [0.25, 0.3) is 6.08 Å². The maximum absolute atomic E-state index is 13.9. The summed E-state index contributed by atoms with van der Waals surface area (Å²) in [6.45, 7) is 7.89. The van der Waals surface area contributed by atoms with Gasteiger partial charge in [-0.3, -0.25) is 19.3 Å². The summed E-state index contributed by atoms with van der Waals surface area (Å²) in [4.78, 5) is 42.4. The highest BCUT2D eigenvalue weighted by molar-refractivity contribution is 5.94. The molecular formula is C30H40N4O4. The van der Waals surface area contributed by atoms with Crippen LogP contribution in [0.4, 0.5) is 0 Å². The first-order chi connectivity index (χ1) is 18.1. The van der Waals surface area contributed by atoms with Gasteiger partial charge in [-0.2, -0.15) is 0 Å². The lowest BCUT2D eigenvalue weighted by Crippen LogP contribution is -2.59. The number of hydrogen-bond acceptors (Lipinski definition) is 5. The van der Waals surface area contributed by atoms with Gasteiger partial charge in [0.1, 0.15) is 17.8 Å². The third-order valence-electron chi connectivity index (χ3n) is 6.45. The van der Waals surface area contributed by atoms with Crippen LogP contribution < -0.4 is 20.7 Å². The van der Waals surface area contributed by atoms with Crippen molar-refractivity contribution >= 4 is 23.8 Å². The van der Waals surface area contributed by atoms with Crippen LogP contribution in [0.3, 0.4) is 0 Å². The number of nitrogens with one attached hydrogen (secondary N) is 3. The van der Waals surface area contributed by atoms with Crippen molar-refractivity contribution in [3.05, 3.63) is 71.9 Å². The van der Waals surface area contributed by atoms with Gasteiger partial charge in [-0.1, -0.05) is 70.2 Å². The van der Waals surface area contributed by atoms with Crippen molar-refractivity contribution in [3.63, 3.8) is 0 Å². The van der Waals surface area contributed by atoms with Crippen LogP contribution in [0, 0.1) is 11.8 Å². The number of ether oxygens (including phenoxy) is 1. The Morgan fingerprint density at radius 1 is 0.974 bits per heavy atom. The minimum atomic E-state index is -1.10. The number of carbonyl (C=O) groups is 3. The molecule has 3 amide bonds. The molecule has 3 N–H and O–H groups in total. The first-order valence-electron chi connectivity index (χ1n) is 13.1. The number of rotatable bonds is 7. The van der Waals surface area contributed by atoms with Crippen molar-refractivity contribution in [1.82, 2.24) is 20.9 Å². The molecule has 2 heterocycles. The number of amides is 3. The Bertz CT molecular complexity index is 1100. The Morgan fingerprint density at radius 2 is 1.63 bits per heavy atom. The zero-order valence-electron chi connectivity index (χ0n) is 23.1. The van der Waals surface area contributed by atoms with E-state index in [2.05, 4.69) is 16.0 Å². The van der Waals surface area contributed by atoms with E-state index in [-0.39, 0.29) is 23.7 Å². The van der Waals surface area contributed by atoms with E-state index in [1.54, 1.807) is 24.4 Å². The highest BCUT2D eigenvalue weighted by Gasteiger charge is 2.37. The summed E-state index contributed by atoms with van der Waals surface area (Å²) in [6.07, 6.45) is 2.94. The Hall–Kier alpha value is -3.65. The normalized spacial score (nSPS) is 21.0. The standard InChI is InChI=1S/C30H40N4O4/c1-19(2)18-24-28(35)31-17-16-21-12-14-23(15-13-21)38-27(22-10-8-7-9-11-22)25(29(36)32-24)33-30(37)26(20(3)4)34(5)6/h7-17,19-20,24-27H,18H2,1-6H3,(H,31,35)(H,32,36)(H,33,37). The number of benzene rings is 2. The lowest BCUT2D eigenvalue weighted by atomic mass is 9.97. The van der Waals surface area contributed by atoms with E-state index in [9.17, 15) is 14.4 Å². The van der Waals surface area contributed by atoms with Crippen LogP contribution in [0.1, 0.15) is 51.3 Å². The summed E-state index contributed by atoms with van der Waals surface area (Å²) in [6, 6.07) is 14.3. The molecule has 4 atom stereocenters. The average molecular weight is 521 g/mol. The molecule has 0 saturated heterocycles. The topological polar surface area (TPSA) is 99.8 Å². The molecular weight excluding hydrogens is 480 g/mol. The highest BCUT2D eigenvalue weighted by atomic mass is 16.5. The number of nitrogens with zero attached hydrogens (tertiary/aromatic N) is 1. The molecule has 0 aliphatic carbocycles. The van der Waals surface area contributed by atoms with Gasteiger partial charge in [0.25, 0.3) is 0 Å². The highest BCUT2D eigenvalue weighted by Crippen LogP contribution is 2.27. The van der Waals surface area contributed by atoms with Crippen LogP contribution in [0.15, 0.2) is 60.8 Å². The van der Waals surface area contributed by atoms with Crippen LogP contribution >= 0.6 is 0 Å². The third-order valence-corrected chi connectivity index (χ3v) is 6.45. The molecule has 204 valence electrons. The second-order valence-electron chi connectivity index (χ2n) is 10.7. The second-order valence-corrected chi connectivity index (χ2v) is 10.7. The number of likely N-dealkylation sites (N-methyl/N-ethyl adjacent to an activating group) is 1. The van der Waals surface area contributed by atoms with Crippen LogP contribution in [-0.4, -0.2) is 54.8 Å². The predicted molar refractivity (Wildman–Crippen MR) is 149 cm³/mol. The van der Waals surface area contributed by atoms with Gasteiger partial charge < -0.3 is 20.7 Å². The van der Waals surface area contributed by atoms with Gasteiger partial charge in [-0.15, -0.1) is 0 Å². The number of hydrogen-bond donors (Lipinski definition) is 3. The molecule has 38 heavy (non-hydrogen) atoms. The van der Waals surface area contributed by atoms with Crippen molar-refractivity contribution in [3.8, 4) is 5.75 Å². The van der Waals surface area contributed by atoms with Gasteiger partial charge in [0.15, 0.2) is 6.10 Å². The van der Waals surface area contributed by atoms with Gasteiger partial charge in [0.2, 0.25) is 17.7 Å². The largest absolute Gasteiger partial charge is 0.483 e. The van der Waals surface area contributed by atoms with Crippen molar-refractivity contribution in [1.29, 1.82) is 0 Å². The summed E-state index contributed by atoms with van der Waals surface area (Å²) >= 11 is 0. The monoisotopic (exact) mass is 520 g/mol. The van der Waals surface area contributed by atoms with E-state index in [0.717, 1.165) is 11.1 Å². The van der Waals surface area contributed by atoms with Gasteiger partial charge in [0.05, 0.1) is 6.04 Å². The fourth-order valence-corrected chi connectivity index (χ4v) is 4.71. The molecule has 0 aromatic heterocycles. The first-order valence-corrected chi connectivity index (χ1v) is 13.1. The molecule has 4 unspecified atom stereocenters. The third kappa shape index (κ3) is 7.68. The maximum atomic E-state index is 13.9. The fraction of sp³-hybridized carbons (Fsp3) is 0.433. The first kappa shape index (κ1) is 28.9. The second kappa shape index (κ2) is 13.2. The van der Waals surface area contributed by atoms with Crippen LogP contribution in [0.5, 0.6) is 5.75 Å². The molecule has 2 bridgehead atoms. The van der Waals surface area contributed by atoms with Crippen LogP contribution in [0.2, 0.25) is 0 Å². The molecule has 2 aliphatic rings. The Labute approximate surface area is 225 Å². The van der Waals surface area contributed by atoms with E-state index in [4.69, 9.17) is 4.74 Å². The van der Waals surface area contributed by atoms with E-state index >= 15 is 0 Å². The van der Waals surface area contributed by atoms with Crippen molar-refractivity contribution in [2.75, 3.05) is 14.1 Å². The smallest absolute Gasteiger partial charge is 0.247 e. The van der Waals surface area contributed by atoms with Crippen LogP contribution in [-0.2, 0) is 14.4 Å². The minimum absolute atomic E-state index is 0.00135. The summed E-state index contributed by atoms with van der Waals surface area (Å²) in [7, 11) is 3.67. The molecule has 0 spiro atoms. The minimum Gasteiger partial charge on any atom is -0.483 e. The SMILES string of the molecule is CC(C)CC1NC(=O)C(NC(=O)C(C(C)C)N(C)C)C(c2ccccc2)Oc2ccc(cc2)C=CNC1=O. The quantitative estimate of drug-likeness (QED) is 0.519. The number of carbonyl (C=O) groups excluding carboxylic acids is 3. The molecule has 8 nitrogen and oxygen atoms in total. The predicted octanol–water partition coefficient (Wildman–Crippen LogP) is 3.51. The molecule has 8 heteroatoms. The van der Waals surface area contributed by atoms with E-state index < -0.39 is 30.1 Å². The lowest BCUT2D eigenvalue weighted by molar-refractivity contribution is -0.136. The van der Waals surface area contributed by atoms with Gasteiger partial charge >= 0.3 is 0 Å². The summed E-state index contributed by atoms with van der Waals surface area (Å²) in [5, 5.41) is 8.67. The molecule has 0 radical (unpaired) electrons. The van der Waals surface area contributed by atoms with E-state index in [1.165, 1.54) is 0 Å². The summed E-state index contributed by atoms with van der Waals surface area (Å²) in [5.74, 6) is -0.412. The molecule has 2 aliphatic heterocycles. The Balaban J connectivity index is 2.11. The number of fused-ring (bicyclic) bond motifs is 10. The van der Waals surface area contributed by atoms with Crippen molar-refractivity contribution < 1.29 is 19.1 Å². The summed E-state index contributed by atoms with van der Waals surface area (Å²) in [5.41, 5.74) is 1.60. The fourth-order valence-electron chi connectivity index (χ4n) is 4.71. The van der Waals surface area contributed by atoms with Crippen molar-refractivity contribution in [2.45, 2.75) is 58.3 Å². The Kier molecular flexibility index (Phi) is 10.1. The molecule has 2 aromatic rings. The molecule has 2 aromatic carbocycles. The van der Waals surface area contributed by atoms with Gasteiger partial charge in [-0.05, 0) is 61.7 Å². The molecule has 0 fully saturated rings. The Morgan fingerprint density at radius 3 is 2.21 bits per heavy atom. The molecule has 0 saturated carbocycles. The van der Waals surface area contributed by atoms with Crippen molar-refractivity contribution in [2.24, 2.45) is 11.8 Å². The molecule has 4 rings (SSSR count). The zero-order valence-corrected chi connectivity index (χ0v) is 23.1. The van der Waals surface area contributed by atoms with E-state index in [0.29, 0.717) is 12.2 Å². The maximum Gasteiger partial charge on any atom is 0.247 e.